The van der Waals surface area contributed by atoms with Gasteiger partial charge in [-0.3, -0.25) is 19.7 Å². The van der Waals surface area contributed by atoms with Gasteiger partial charge in [0.1, 0.15) is 6.04 Å². The smallest absolute Gasteiger partial charge is 0.255 e. The summed E-state index contributed by atoms with van der Waals surface area (Å²) in [6, 6.07) is 5.05. The topological polar surface area (TPSA) is 111 Å². The predicted molar refractivity (Wildman–Crippen MR) is 96.6 cm³/mol. The van der Waals surface area contributed by atoms with Crippen molar-refractivity contribution in [3.05, 3.63) is 34.9 Å². The maximum absolute atomic E-state index is 12.8. The standard InChI is InChI=1S/C19H24N4O4/c24-7-6-19(10-20-11-19)21-8-12-2-1-3-13-14(12)9-23(18(13)27)15-4-5-16(25)22-17(15)26/h1-3,15,20-21,24H,4-11H2,(H,22,25,26). The number of carbonyl (C=O) groups excluding carboxylic acids is 3. The Kier molecular flexibility index (Phi) is 4.71. The largest absolute Gasteiger partial charge is 0.396 e. The second-order valence-electron chi connectivity index (χ2n) is 7.55. The van der Waals surface area contributed by atoms with Crippen LogP contribution in [-0.2, 0) is 22.7 Å². The van der Waals surface area contributed by atoms with Gasteiger partial charge in [0.2, 0.25) is 11.8 Å². The molecule has 3 aliphatic heterocycles. The van der Waals surface area contributed by atoms with Gasteiger partial charge in [-0.05, 0) is 30.0 Å². The zero-order valence-electron chi connectivity index (χ0n) is 15.1. The molecule has 27 heavy (non-hydrogen) atoms. The van der Waals surface area contributed by atoms with Crippen LogP contribution >= 0.6 is 0 Å². The van der Waals surface area contributed by atoms with Crippen molar-refractivity contribution in [3.8, 4) is 0 Å². The molecule has 2 saturated heterocycles. The first-order valence-electron chi connectivity index (χ1n) is 9.35. The lowest BCUT2D eigenvalue weighted by Crippen LogP contribution is -2.67. The van der Waals surface area contributed by atoms with Crippen LogP contribution in [0.2, 0.25) is 0 Å². The SMILES string of the molecule is O=C1CCC(N2Cc3c(CNC4(CCO)CNC4)cccc3C2=O)C(=O)N1. The summed E-state index contributed by atoms with van der Waals surface area (Å²) in [6.07, 6.45) is 1.29. The predicted octanol–water partition coefficient (Wildman–Crippen LogP) is -0.738. The number of amides is 3. The lowest BCUT2D eigenvalue weighted by molar-refractivity contribution is -0.136. The van der Waals surface area contributed by atoms with Crippen molar-refractivity contribution in [2.24, 2.45) is 0 Å². The average Bonchev–Trinajstić information content (AvgIpc) is 2.95. The molecule has 8 nitrogen and oxygen atoms in total. The molecule has 0 saturated carbocycles. The maximum Gasteiger partial charge on any atom is 0.255 e. The molecule has 3 amide bonds. The van der Waals surface area contributed by atoms with Crippen molar-refractivity contribution in [1.29, 1.82) is 0 Å². The van der Waals surface area contributed by atoms with E-state index in [9.17, 15) is 19.5 Å². The van der Waals surface area contributed by atoms with E-state index in [0.717, 1.165) is 24.2 Å². The fourth-order valence-electron chi connectivity index (χ4n) is 4.13. The lowest BCUT2D eigenvalue weighted by atomic mass is 9.88. The highest BCUT2D eigenvalue weighted by Gasteiger charge is 2.40. The molecule has 4 N–H and O–H groups in total. The van der Waals surface area contributed by atoms with Crippen LogP contribution in [0.1, 0.15) is 40.7 Å². The lowest BCUT2D eigenvalue weighted by Gasteiger charge is -2.43. The Hall–Kier alpha value is -2.29. The third-order valence-electron chi connectivity index (χ3n) is 5.85. The van der Waals surface area contributed by atoms with Gasteiger partial charge < -0.3 is 20.6 Å². The first kappa shape index (κ1) is 18.1. The van der Waals surface area contributed by atoms with Gasteiger partial charge in [0.25, 0.3) is 5.91 Å². The number of piperidine rings is 1. The molecule has 0 radical (unpaired) electrons. The molecule has 2 fully saturated rings. The summed E-state index contributed by atoms with van der Waals surface area (Å²) in [7, 11) is 0. The van der Waals surface area contributed by atoms with Crippen LogP contribution in [-0.4, -0.2) is 59.0 Å². The minimum absolute atomic E-state index is 0.108. The Morgan fingerprint density at radius 2 is 2.07 bits per heavy atom. The number of nitrogens with one attached hydrogen (secondary N) is 3. The summed E-state index contributed by atoms with van der Waals surface area (Å²) < 4.78 is 0. The second-order valence-corrected chi connectivity index (χ2v) is 7.55. The first-order chi connectivity index (χ1) is 13.0. The molecule has 0 aliphatic carbocycles. The van der Waals surface area contributed by atoms with Gasteiger partial charge in [-0.25, -0.2) is 0 Å². The van der Waals surface area contributed by atoms with E-state index >= 15 is 0 Å². The quantitative estimate of drug-likeness (QED) is 0.490. The molecule has 8 heteroatoms. The molecule has 1 unspecified atom stereocenters. The van der Waals surface area contributed by atoms with Gasteiger partial charge in [0.15, 0.2) is 0 Å². The van der Waals surface area contributed by atoms with Crippen LogP contribution in [0.15, 0.2) is 18.2 Å². The highest BCUT2D eigenvalue weighted by molar-refractivity contribution is 6.05. The van der Waals surface area contributed by atoms with E-state index in [1.165, 1.54) is 0 Å². The van der Waals surface area contributed by atoms with Crippen molar-refractivity contribution in [3.63, 3.8) is 0 Å². The molecule has 144 valence electrons. The van der Waals surface area contributed by atoms with E-state index in [-0.39, 0.29) is 30.4 Å². The number of aliphatic hydroxyl groups is 1. The number of imide groups is 1. The molecule has 1 aromatic carbocycles. The molecular weight excluding hydrogens is 348 g/mol. The fraction of sp³-hybridized carbons (Fsp3) is 0.526. The summed E-state index contributed by atoms with van der Waals surface area (Å²) in [4.78, 5) is 38.0. The molecule has 4 rings (SSSR count). The van der Waals surface area contributed by atoms with Crippen LogP contribution in [0, 0.1) is 0 Å². The average molecular weight is 372 g/mol. The number of carbonyl (C=O) groups is 3. The zero-order valence-corrected chi connectivity index (χ0v) is 15.1. The molecule has 1 atom stereocenters. The van der Waals surface area contributed by atoms with E-state index < -0.39 is 11.9 Å². The van der Waals surface area contributed by atoms with Gasteiger partial charge in [0.05, 0.1) is 0 Å². The van der Waals surface area contributed by atoms with Crippen LogP contribution in [0.5, 0.6) is 0 Å². The summed E-state index contributed by atoms with van der Waals surface area (Å²) in [6.45, 7) is 2.72. The Bertz CT molecular complexity index is 790. The molecule has 3 aliphatic rings. The number of benzene rings is 1. The number of fused-ring (bicyclic) bond motifs is 1. The van der Waals surface area contributed by atoms with Crippen LogP contribution < -0.4 is 16.0 Å². The van der Waals surface area contributed by atoms with E-state index in [4.69, 9.17) is 0 Å². The van der Waals surface area contributed by atoms with E-state index in [1.807, 2.05) is 12.1 Å². The molecular formula is C19H24N4O4. The Morgan fingerprint density at radius 3 is 2.74 bits per heavy atom. The second kappa shape index (κ2) is 7.03. The van der Waals surface area contributed by atoms with E-state index in [0.29, 0.717) is 31.5 Å². The van der Waals surface area contributed by atoms with Crippen LogP contribution in [0.25, 0.3) is 0 Å². The normalized spacial score (nSPS) is 23.8. The highest BCUT2D eigenvalue weighted by atomic mass is 16.3. The van der Waals surface area contributed by atoms with Gasteiger partial charge in [0, 0.05) is 50.3 Å². The summed E-state index contributed by atoms with van der Waals surface area (Å²) in [5, 5.41) is 18.4. The van der Waals surface area contributed by atoms with Gasteiger partial charge in [-0.2, -0.15) is 0 Å². The van der Waals surface area contributed by atoms with Gasteiger partial charge >= 0.3 is 0 Å². The van der Waals surface area contributed by atoms with Crippen LogP contribution in [0.4, 0.5) is 0 Å². The van der Waals surface area contributed by atoms with Gasteiger partial charge in [-0.1, -0.05) is 12.1 Å². The van der Waals surface area contributed by atoms with Crippen molar-refractivity contribution >= 4 is 17.7 Å². The molecule has 0 spiro atoms. The van der Waals surface area contributed by atoms with E-state index in [1.54, 1.807) is 11.0 Å². The minimum atomic E-state index is -0.597. The number of hydrogen-bond donors (Lipinski definition) is 4. The molecule has 3 heterocycles. The Balaban J connectivity index is 1.51. The third-order valence-corrected chi connectivity index (χ3v) is 5.85. The summed E-state index contributed by atoms with van der Waals surface area (Å²) in [5.74, 6) is -0.833. The molecule has 0 bridgehead atoms. The van der Waals surface area contributed by atoms with Crippen molar-refractivity contribution in [2.45, 2.75) is 43.9 Å². The monoisotopic (exact) mass is 372 g/mol. The summed E-state index contributed by atoms with van der Waals surface area (Å²) in [5.41, 5.74) is 2.48. The Morgan fingerprint density at radius 1 is 1.26 bits per heavy atom. The van der Waals surface area contributed by atoms with Crippen molar-refractivity contribution in [2.75, 3.05) is 19.7 Å². The first-order valence-corrected chi connectivity index (χ1v) is 9.35. The number of rotatable bonds is 6. The highest BCUT2D eigenvalue weighted by Crippen LogP contribution is 2.30. The Labute approximate surface area is 157 Å². The van der Waals surface area contributed by atoms with Crippen molar-refractivity contribution in [1.82, 2.24) is 20.9 Å². The minimum Gasteiger partial charge on any atom is -0.396 e. The van der Waals surface area contributed by atoms with Crippen LogP contribution in [0.3, 0.4) is 0 Å². The molecule has 0 aromatic heterocycles. The third kappa shape index (κ3) is 3.24. The maximum atomic E-state index is 12.8. The van der Waals surface area contributed by atoms with Crippen molar-refractivity contribution < 1.29 is 19.5 Å². The summed E-state index contributed by atoms with van der Waals surface area (Å²) >= 11 is 0. The van der Waals surface area contributed by atoms with Gasteiger partial charge in [-0.15, -0.1) is 0 Å². The molecule has 1 aromatic rings. The number of aliphatic hydroxyl groups excluding tert-OH is 1. The number of nitrogens with zero attached hydrogens (tertiary/aromatic N) is 1. The fourth-order valence-corrected chi connectivity index (χ4v) is 4.13. The number of hydrogen-bond acceptors (Lipinski definition) is 6. The zero-order chi connectivity index (χ0) is 19.0. The van der Waals surface area contributed by atoms with E-state index in [2.05, 4.69) is 16.0 Å².